The lowest BCUT2D eigenvalue weighted by atomic mass is 9.97. The highest BCUT2D eigenvalue weighted by atomic mass is 16.5. The van der Waals surface area contributed by atoms with Crippen LogP contribution in [0, 0.1) is 13.8 Å². The van der Waals surface area contributed by atoms with E-state index in [0.29, 0.717) is 6.04 Å². The first kappa shape index (κ1) is 18.5. The first-order chi connectivity index (χ1) is 10.5. The zero-order valence-electron chi connectivity index (χ0n) is 14.6. The molecule has 1 fully saturated rings. The summed E-state index contributed by atoms with van der Waals surface area (Å²) < 4.78 is 5.18. The number of carbonyl (C=O) groups is 1. The lowest BCUT2D eigenvalue weighted by Crippen LogP contribution is -2.33. The summed E-state index contributed by atoms with van der Waals surface area (Å²) in [6.07, 6.45) is 8.99. The first-order valence-corrected chi connectivity index (χ1v) is 8.42. The van der Waals surface area contributed by atoms with Gasteiger partial charge in [0.15, 0.2) is 0 Å². The predicted molar refractivity (Wildman–Crippen MR) is 92.4 cm³/mol. The molecule has 0 saturated heterocycles. The SMILES string of the molecule is CC(=O)NC1CCCCCCC1.COc1c(C)cccc1C. The molecule has 1 aliphatic rings. The molecule has 3 nitrogen and oxygen atoms in total. The number of hydrogen-bond acceptors (Lipinski definition) is 2. The van der Waals surface area contributed by atoms with Gasteiger partial charge >= 0.3 is 0 Å². The highest BCUT2D eigenvalue weighted by Crippen LogP contribution is 2.21. The van der Waals surface area contributed by atoms with Crippen molar-refractivity contribution in [3.8, 4) is 5.75 Å². The van der Waals surface area contributed by atoms with E-state index in [1.807, 2.05) is 32.0 Å². The van der Waals surface area contributed by atoms with E-state index in [4.69, 9.17) is 4.74 Å². The maximum atomic E-state index is 10.8. The summed E-state index contributed by atoms with van der Waals surface area (Å²) in [6, 6.07) is 6.59. The van der Waals surface area contributed by atoms with Crippen LogP contribution < -0.4 is 10.1 Å². The van der Waals surface area contributed by atoms with Gasteiger partial charge < -0.3 is 10.1 Å². The minimum absolute atomic E-state index is 0.126. The van der Waals surface area contributed by atoms with Gasteiger partial charge in [-0.25, -0.2) is 0 Å². The highest BCUT2D eigenvalue weighted by Gasteiger charge is 2.11. The van der Waals surface area contributed by atoms with E-state index in [9.17, 15) is 4.79 Å². The van der Waals surface area contributed by atoms with Gasteiger partial charge in [-0.2, -0.15) is 0 Å². The van der Waals surface area contributed by atoms with Crippen LogP contribution in [0.1, 0.15) is 63.0 Å². The summed E-state index contributed by atoms with van der Waals surface area (Å²) >= 11 is 0. The van der Waals surface area contributed by atoms with Gasteiger partial charge in [-0.05, 0) is 37.8 Å². The van der Waals surface area contributed by atoms with Crippen LogP contribution in [0.15, 0.2) is 18.2 Å². The monoisotopic (exact) mass is 305 g/mol. The Balaban J connectivity index is 0.000000224. The number of nitrogens with one attached hydrogen (secondary N) is 1. The molecule has 1 saturated carbocycles. The van der Waals surface area contributed by atoms with Gasteiger partial charge in [0.25, 0.3) is 0 Å². The van der Waals surface area contributed by atoms with Crippen LogP contribution in [0.5, 0.6) is 5.75 Å². The van der Waals surface area contributed by atoms with Crippen LogP contribution in [-0.2, 0) is 4.79 Å². The number of rotatable bonds is 2. The largest absolute Gasteiger partial charge is 0.496 e. The lowest BCUT2D eigenvalue weighted by Gasteiger charge is -2.19. The van der Waals surface area contributed by atoms with E-state index >= 15 is 0 Å². The van der Waals surface area contributed by atoms with Crippen molar-refractivity contribution in [1.82, 2.24) is 5.32 Å². The number of para-hydroxylation sites is 1. The van der Waals surface area contributed by atoms with Crippen LogP contribution in [0.4, 0.5) is 0 Å². The molecule has 0 atom stereocenters. The Morgan fingerprint density at radius 1 is 1.05 bits per heavy atom. The van der Waals surface area contributed by atoms with Crippen LogP contribution >= 0.6 is 0 Å². The standard InChI is InChI=1S/C10H19NO.C9H12O/c1-9(12)11-10-7-5-3-2-4-6-8-10;1-7-5-4-6-8(2)9(7)10-3/h10H,2-8H2,1H3,(H,11,12);4-6H,1-3H3. The Kier molecular flexibility index (Phi) is 8.64. The molecule has 0 bridgehead atoms. The smallest absolute Gasteiger partial charge is 0.217 e. The van der Waals surface area contributed by atoms with Crippen LogP contribution in [0.3, 0.4) is 0 Å². The number of aryl methyl sites for hydroxylation is 2. The van der Waals surface area contributed by atoms with Crippen LogP contribution in [0.25, 0.3) is 0 Å². The van der Waals surface area contributed by atoms with Crippen molar-refractivity contribution in [2.45, 2.75) is 71.8 Å². The van der Waals surface area contributed by atoms with Gasteiger partial charge in [0.2, 0.25) is 5.91 Å². The molecule has 0 spiro atoms. The van der Waals surface area contributed by atoms with Gasteiger partial charge in [0.05, 0.1) is 7.11 Å². The third kappa shape index (κ3) is 6.97. The molecular weight excluding hydrogens is 274 g/mol. The van der Waals surface area contributed by atoms with E-state index < -0.39 is 0 Å². The topological polar surface area (TPSA) is 38.3 Å². The first-order valence-electron chi connectivity index (χ1n) is 8.42. The van der Waals surface area contributed by atoms with Crippen molar-refractivity contribution >= 4 is 5.91 Å². The Morgan fingerprint density at radius 3 is 1.95 bits per heavy atom. The summed E-state index contributed by atoms with van der Waals surface area (Å²) in [5.41, 5.74) is 2.39. The normalized spacial score (nSPS) is 15.8. The quantitative estimate of drug-likeness (QED) is 0.870. The Hall–Kier alpha value is -1.51. The van der Waals surface area contributed by atoms with Gasteiger partial charge in [0.1, 0.15) is 5.75 Å². The average Bonchev–Trinajstić information content (AvgIpc) is 2.42. The summed E-state index contributed by atoms with van der Waals surface area (Å²) in [6.45, 7) is 5.70. The molecule has 124 valence electrons. The number of amides is 1. The fourth-order valence-corrected chi connectivity index (χ4v) is 3.01. The van der Waals surface area contributed by atoms with Crippen molar-refractivity contribution in [3.05, 3.63) is 29.3 Å². The molecule has 3 heteroatoms. The van der Waals surface area contributed by atoms with Crippen LogP contribution in [0.2, 0.25) is 0 Å². The molecule has 22 heavy (non-hydrogen) atoms. The molecular formula is C19H31NO2. The maximum absolute atomic E-state index is 10.8. The highest BCUT2D eigenvalue weighted by molar-refractivity contribution is 5.73. The number of methoxy groups -OCH3 is 1. The number of carbonyl (C=O) groups excluding carboxylic acids is 1. The van der Waals surface area contributed by atoms with Crippen molar-refractivity contribution in [3.63, 3.8) is 0 Å². The molecule has 0 heterocycles. The number of hydrogen-bond donors (Lipinski definition) is 1. The average molecular weight is 305 g/mol. The summed E-state index contributed by atoms with van der Waals surface area (Å²) in [4.78, 5) is 10.8. The van der Waals surface area contributed by atoms with E-state index in [1.54, 1.807) is 14.0 Å². The van der Waals surface area contributed by atoms with Crippen LogP contribution in [-0.4, -0.2) is 19.1 Å². The Labute approximate surface area is 135 Å². The molecule has 0 radical (unpaired) electrons. The summed E-state index contributed by atoms with van der Waals surface area (Å²) in [5.74, 6) is 1.13. The predicted octanol–water partition coefficient (Wildman–Crippen LogP) is 4.55. The van der Waals surface area contributed by atoms with Crippen molar-refractivity contribution in [2.24, 2.45) is 0 Å². The number of ether oxygens (including phenoxy) is 1. The van der Waals surface area contributed by atoms with Crippen molar-refractivity contribution in [2.75, 3.05) is 7.11 Å². The third-order valence-corrected chi connectivity index (χ3v) is 4.13. The van der Waals surface area contributed by atoms with Gasteiger partial charge in [-0.15, -0.1) is 0 Å². The van der Waals surface area contributed by atoms with Gasteiger partial charge in [0, 0.05) is 13.0 Å². The zero-order chi connectivity index (χ0) is 16.4. The third-order valence-electron chi connectivity index (χ3n) is 4.13. The number of benzene rings is 1. The zero-order valence-corrected chi connectivity index (χ0v) is 14.6. The molecule has 2 rings (SSSR count). The summed E-state index contributed by atoms with van der Waals surface area (Å²) in [7, 11) is 1.70. The van der Waals surface area contributed by atoms with E-state index in [1.165, 1.54) is 56.1 Å². The molecule has 0 aromatic heterocycles. The second-order valence-electron chi connectivity index (χ2n) is 6.17. The van der Waals surface area contributed by atoms with E-state index in [-0.39, 0.29) is 5.91 Å². The Bertz CT molecular complexity index is 428. The van der Waals surface area contributed by atoms with Crippen molar-refractivity contribution < 1.29 is 9.53 Å². The lowest BCUT2D eigenvalue weighted by molar-refractivity contribution is -0.119. The fraction of sp³-hybridized carbons (Fsp3) is 0.632. The molecule has 1 aromatic rings. The minimum atomic E-state index is 0.126. The second-order valence-corrected chi connectivity index (χ2v) is 6.17. The molecule has 1 aromatic carbocycles. The molecule has 0 aliphatic heterocycles. The summed E-state index contributed by atoms with van der Waals surface area (Å²) in [5, 5.41) is 3.01. The minimum Gasteiger partial charge on any atom is -0.496 e. The molecule has 1 amide bonds. The molecule has 1 N–H and O–H groups in total. The fourth-order valence-electron chi connectivity index (χ4n) is 3.01. The van der Waals surface area contributed by atoms with E-state index in [2.05, 4.69) is 5.32 Å². The molecule has 1 aliphatic carbocycles. The second kappa shape index (κ2) is 10.3. The molecule has 0 unspecified atom stereocenters. The van der Waals surface area contributed by atoms with Gasteiger partial charge in [-0.1, -0.05) is 50.3 Å². The maximum Gasteiger partial charge on any atom is 0.217 e. The van der Waals surface area contributed by atoms with Gasteiger partial charge in [-0.3, -0.25) is 4.79 Å². The Morgan fingerprint density at radius 2 is 1.55 bits per heavy atom. The van der Waals surface area contributed by atoms with Crippen molar-refractivity contribution in [1.29, 1.82) is 0 Å². The van der Waals surface area contributed by atoms with E-state index in [0.717, 1.165) is 5.75 Å².